The van der Waals surface area contributed by atoms with E-state index < -0.39 is 6.04 Å². The van der Waals surface area contributed by atoms with Crippen LogP contribution in [0, 0.1) is 6.92 Å². The predicted octanol–water partition coefficient (Wildman–Crippen LogP) is 8.19. The second-order valence-electron chi connectivity index (χ2n) is 12.3. The molecule has 50 heavy (non-hydrogen) atoms. The predicted molar refractivity (Wildman–Crippen MR) is 205 cm³/mol. The first-order valence-corrected chi connectivity index (χ1v) is 18.0. The Morgan fingerprint density at radius 2 is 1.48 bits per heavy atom. The van der Waals surface area contributed by atoms with Crippen molar-refractivity contribution >= 4 is 34.9 Å². The molecule has 3 heterocycles. The van der Waals surface area contributed by atoms with Gasteiger partial charge in [0.2, 0.25) is 0 Å². The van der Waals surface area contributed by atoms with Crippen LogP contribution >= 0.6 is 22.9 Å². The quantitative estimate of drug-likeness (QED) is 0.161. The van der Waals surface area contributed by atoms with Crippen LogP contribution in [-0.4, -0.2) is 33.0 Å². The summed E-state index contributed by atoms with van der Waals surface area (Å²) in [5.41, 5.74) is 8.87. The molecule has 1 aliphatic rings. The second kappa shape index (κ2) is 13.9. The highest BCUT2D eigenvalue weighted by Crippen LogP contribution is 2.37. The fourth-order valence-corrected chi connectivity index (χ4v) is 7.86. The Bertz CT molecular complexity index is 2400. The van der Waals surface area contributed by atoms with Gasteiger partial charge in [-0.3, -0.25) is 14.2 Å². The number of carbonyl (C=O) groups excluding carboxylic acids is 1. The summed E-state index contributed by atoms with van der Waals surface area (Å²) in [5.74, 6) is -0.125. The molecule has 2 aromatic heterocycles. The van der Waals surface area contributed by atoms with Gasteiger partial charge in [-0.15, -0.1) is 0 Å². The van der Waals surface area contributed by atoms with Gasteiger partial charge in [0.25, 0.3) is 11.5 Å². The van der Waals surface area contributed by atoms with Crippen molar-refractivity contribution in [1.82, 2.24) is 14.0 Å². The number of hydrogen-bond donors (Lipinski definition) is 0. The van der Waals surface area contributed by atoms with Gasteiger partial charge in [-0.25, -0.2) is 4.99 Å². The lowest BCUT2D eigenvalue weighted by atomic mass is 9.94. The highest BCUT2D eigenvalue weighted by Gasteiger charge is 2.34. The van der Waals surface area contributed by atoms with Gasteiger partial charge in [0, 0.05) is 29.4 Å². The van der Waals surface area contributed by atoms with Crippen LogP contribution in [0.15, 0.2) is 136 Å². The SMILES string of the molecule is CCN(CC)C(=O)C1=C(C)N=c2s/c(=C/c3cc(-c4ccccc4)n(-c4ccc(C)cc4)c3-c3ccccc3)c(=O)n2[C@@H]1c1ccc(Cl)cc1. The number of nitrogens with zero attached hydrogens (tertiary/aromatic N) is 4. The third kappa shape index (κ3) is 6.08. The fourth-order valence-electron chi connectivity index (χ4n) is 6.69. The summed E-state index contributed by atoms with van der Waals surface area (Å²) in [4.78, 5) is 35.9. The number of hydrogen-bond acceptors (Lipinski definition) is 4. The summed E-state index contributed by atoms with van der Waals surface area (Å²) in [6, 6.07) is 38.0. The van der Waals surface area contributed by atoms with Gasteiger partial charge in [0.05, 0.1) is 33.2 Å². The lowest BCUT2D eigenvalue weighted by Gasteiger charge is -2.29. The number of aromatic nitrogens is 2. The molecule has 0 aliphatic carbocycles. The van der Waals surface area contributed by atoms with Gasteiger partial charge >= 0.3 is 0 Å². The number of thiazole rings is 1. The standard InChI is InChI=1S/C42H37ClN4O2S/c1-5-45(6-2)41(49)37-28(4)44-42-47(39(37)31-19-21-33(43)22-20-31)40(48)36(50-42)26-32-25-35(29-13-9-7-10-14-29)46(34-23-17-27(3)18-24-34)38(32)30-15-11-8-12-16-30/h7-26,39H,5-6H2,1-4H3/b36-26+/t39-/m1/s1. The van der Waals surface area contributed by atoms with Crippen molar-refractivity contribution < 1.29 is 4.79 Å². The number of fused-ring (bicyclic) bond motifs is 1. The number of allylic oxidation sites excluding steroid dienone is 1. The van der Waals surface area contributed by atoms with E-state index in [0.717, 1.165) is 39.3 Å². The van der Waals surface area contributed by atoms with Crippen LogP contribution in [0.2, 0.25) is 5.02 Å². The third-order valence-corrected chi connectivity index (χ3v) is 10.4. The summed E-state index contributed by atoms with van der Waals surface area (Å²) in [6.07, 6.45) is 1.98. The average molecular weight is 697 g/mol. The minimum atomic E-state index is -0.649. The summed E-state index contributed by atoms with van der Waals surface area (Å²) < 4.78 is 4.49. The van der Waals surface area contributed by atoms with Crippen molar-refractivity contribution in [2.45, 2.75) is 33.7 Å². The van der Waals surface area contributed by atoms with Gasteiger partial charge in [0.1, 0.15) is 0 Å². The molecule has 0 unspecified atom stereocenters. The average Bonchev–Trinajstić information content (AvgIpc) is 3.66. The van der Waals surface area contributed by atoms with E-state index in [1.165, 1.54) is 16.9 Å². The molecule has 0 N–H and O–H groups in total. The van der Waals surface area contributed by atoms with E-state index in [0.29, 0.717) is 38.7 Å². The Kier molecular flexibility index (Phi) is 9.27. The maximum Gasteiger partial charge on any atom is 0.271 e. The largest absolute Gasteiger partial charge is 0.339 e. The van der Waals surface area contributed by atoms with Crippen molar-refractivity contribution in [2.75, 3.05) is 13.1 Å². The van der Waals surface area contributed by atoms with Crippen molar-refractivity contribution in [1.29, 1.82) is 0 Å². The number of rotatable bonds is 8. The summed E-state index contributed by atoms with van der Waals surface area (Å²) in [7, 11) is 0. The molecular weight excluding hydrogens is 660 g/mol. The first kappa shape index (κ1) is 33.3. The number of aryl methyl sites for hydroxylation is 1. The lowest BCUT2D eigenvalue weighted by Crippen LogP contribution is -2.43. The molecule has 0 radical (unpaired) electrons. The molecular formula is C42H37ClN4O2S. The third-order valence-electron chi connectivity index (χ3n) is 9.21. The molecule has 0 saturated heterocycles. The monoisotopic (exact) mass is 696 g/mol. The molecule has 0 saturated carbocycles. The normalized spacial score (nSPS) is 14.4. The molecule has 6 aromatic rings. The maximum atomic E-state index is 14.7. The zero-order valence-electron chi connectivity index (χ0n) is 28.4. The molecule has 6 nitrogen and oxygen atoms in total. The number of benzene rings is 4. The molecule has 1 aliphatic heterocycles. The Labute approximate surface area is 300 Å². The van der Waals surface area contributed by atoms with Crippen molar-refractivity contribution in [2.24, 2.45) is 4.99 Å². The fraction of sp³-hybridized carbons (Fsp3) is 0.167. The van der Waals surface area contributed by atoms with Gasteiger partial charge in [-0.2, -0.15) is 0 Å². The molecule has 1 amide bonds. The van der Waals surface area contributed by atoms with E-state index in [2.05, 4.69) is 66.1 Å². The van der Waals surface area contributed by atoms with Crippen molar-refractivity contribution in [3.8, 4) is 28.2 Å². The van der Waals surface area contributed by atoms with Gasteiger partial charge in [0.15, 0.2) is 4.80 Å². The first-order valence-electron chi connectivity index (χ1n) is 16.8. The van der Waals surface area contributed by atoms with Crippen LogP contribution in [0.1, 0.15) is 43.5 Å². The number of amides is 1. The Balaban J connectivity index is 1.50. The van der Waals surface area contributed by atoms with Crippen LogP contribution in [0.4, 0.5) is 0 Å². The van der Waals surface area contributed by atoms with Crippen molar-refractivity contribution in [3.63, 3.8) is 0 Å². The zero-order valence-corrected chi connectivity index (χ0v) is 30.0. The molecule has 0 bridgehead atoms. The highest BCUT2D eigenvalue weighted by molar-refractivity contribution is 7.07. The molecule has 1 atom stereocenters. The Morgan fingerprint density at radius 1 is 0.860 bits per heavy atom. The zero-order chi connectivity index (χ0) is 34.9. The number of likely N-dealkylation sites (N-methyl/N-ethyl adjacent to an activating group) is 1. The van der Waals surface area contributed by atoms with Crippen LogP contribution in [0.25, 0.3) is 34.3 Å². The van der Waals surface area contributed by atoms with Gasteiger partial charge < -0.3 is 9.47 Å². The van der Waals surface area contributed by atoms with E-state index in [4.69, 9.17) is 16.6 Å². The van der Waals surface area contributed by atoms with E-state index in [-0.39, 0.29) is 11.5 Å². The molecule has 0 spiro atoms. The van der Waals surface area contributed by atoms with Crippen LogP contribution < -0.4 is 14.9 Å². The Morgan fingerprint density at radius 3 is 2.10 bits per heavy atom. The Hall–Kier alpha value is -5.24. The summed E-state index contributed by atoms with van der Waals surface area (Å²) >= 11 is 7.64. The smallest absolute Gasteiger partial charge is 0.271 e. The highest BCUT2D eigenvalue weighted by atomic mass is 35.5. The van der Waals surface area contributed by atoms with Crippen LogP contribution in [-0.2, 0) is 4.79 Å². The summed E-state index contributed by atoms with van der Waals surface area (Å²) in [6.45, 7) is 8.96. The van der Waals surface area contributed by atoms with Crippen LogP contribution in [0.5, 0.6) is 0 Å². The molecule has 4 aromatic carbocycles. The molecule has 0 fully saturated rings. The van der Waals surface area contributed by atoms with Gasteiger partial charge in [-0.05, 0) is 80.8 Å². The van der Waals surface area contributed by atoms with E-state index >= 15 is 0 Å². The van der Waals surface area contributed by atoms with E-state index in [1.807, 2.05) is 75.4 Å². The molecule has 250 valence electrons. The van der Waals surface area contributed by atoms with Gasteiger partial charge in [-0.1, -0.05) is 113 Å². The molecule has 7 rings (SSSR count). The topological polar surface area (TPSA) is 59.6 Å². The second-order valence-corrected chi connectivity index (χ2v) is 13.8. The maximum absolute atomic E-state index is 14.7. The number of carbonyl (C=O) groups is 1. The van der Waals surface area contributed by atoms with Crippen molar-refractivity contribution in [3.05, 3.63) is 168 Å². The van der Waals surface area contributed by atoms with Crippen LogP contribution in [0.3, 0.4) is 0 Å². The van der Waals surface area contributed by atoms with E-state index in [9.17, 15) is 9.59 Å². The minimum Gasteiger partial charge on any atom is -0.339 e. The summed E-state index contributed by atoms with van der Waals surface area (Å²) in [5, 5.41) is 0.583. The molecule has 8 heteroatoms. The first-order chi connectivity index (χ1) is 24.3. The minimum absolute atomic E-state index is 0.125. The van der Waals surface area contributed by atoms with E-state index in [1.54, 1.807) is 21.6 Å². The lowest BCUT2D eigenvalue weighted by molar-refractivity contribution is -0.127. The number of halogens is 1.